The summed E-state index contributed by atoms with van der Waals surface area (Å²) in [5.74, 6) is 0. The molecule has 1 atom stereocenters. The highest BCUT2D eigenvalue weighted by atomic mass is 14.7. The number of benzene rings is 1. The number of rotatable bonds is 3. The molecule has 0 aliphatic heterocycles. The normalized spacial score (nSPS) is 13.3. The molecule has 0 radical (unpaired) electrons. The van der Waals surface area contributed by atoms with Crippen LogP contribution >= 0.6 is 0 Å². The first-order chi connectivity index (χ1) is 7.20. The fraction of sp³-hybridized carbons (Fsp3) is 0.385. The van der Waals surface area contributed by atoms with Crippen LogP contribution in [0.2, 0.25) is 0 Å². The standard InChI is InChI=1S/C13H18N2/c1-3-10-4-5-13-12(7-10)11(8-15-13)6-9(2)14/h4-5,7-9,15H,3,6,14H2,1-2H3. The van der Waals surface area contributed by atoms with Crippen LogP contribution in [0.4, 0.5) is 0 Å². The van der Waals surface area contributed by atoms with Gasteiger partial charge in [0.25, 0.3) is 0 Å². The number of aromatic nitrogens is 1. The Morgan fingerprint density at radius 1 is 1.40 bits per heavy atom. The van der Waals surface area contributed by atoms with Crippen molar-refractivity contribution in [2.24, 2.45) is 5.73 Å². The van der Waals surface area contributed by atoms with E-state index in [-0.39, 0.29) is 6.04 Å². The average molecular weight is 202 g/mol. The Balaban J connectivity index is 2.46. The molecule has 0 saturated carbocycles. The van der Waals surface area contributed by atoms with E-state index in [1.54, 1.807) is 0 Å². The van der Waals surface area contributed by atoms with E-state index < -0.39 is 0 Å². The van der Waals surface area contributed by atoms with Crippen LogP contribution in [0, 0.1) is 0 Å². The molecule has 2 heteroatoms. The highest BCUT2D eigenvalue weighted by molar-refractivity contribution is 5.83. The van der Waals surface area contributed by atoms with Gasteiger partial charge in [-0.1, -0.05) is 13.0 Å². The number of nitrogens with one attached hydrogen (secondary N) is 1. The summed E-state index contributed by atoms with van der Waals surface area (Å²) in [4.78, 5) is 3.29. The predicted molar refractivity (Wildman–Crippen MR) is 65.0 cm³/mol. The van der Waals surface area contributed by atoms with Gasteiger partial charge in [0, 0.05) is 23.1 Å². The monoisotopic (exact) mass is 202 g/mol. The van der Waals surface area contributed by atoms with Gasteiger partial charge >= 0.3 is 0 Å². The van der Waals surface area contributed by atoms with Gasteiger partial charge < -0.3 is 10.7 Å². The predicted octanol–water partition coefficient (Wildman–Crippen LogP) is 2.62. The molecule has 0 bridgehead atoms. The van der Waals surface area contributed by atoms with Gasteiger partial charge in [-0.05, 0) is 43.0 Å². The van der Waals surface area contributed by atoms with Crippen LogP contribution in [-0.4, -0.2) is 11.0 Å². The molecule has 0 aliphatic carbocycles. The van der Waals surface area contributed by atoms with Crippen molar-refractivity contribution in [2.45, 2.75) is 32.7 Å². The molecule has 2 nitrogen and oxygen atoms in total. The van der Waals surface area contributed by atoms with Crippen LogP contribution in [0.1, 0.15) is 25.0 Å². The van der Waals surface area contributed by atoms with Gasteiger partial charge in [0.15, 0.2) is 0 Å². The lowest BCUT2D eigenvalue weighted by atomic mass is 10.0. The van der Waals surface area contributed by atoms with Crippen LogP contribution in [-0.2, 0) is 12.8 Å². The lowest BCUT2D eigenvalue weighted by Crippen LogP contribution is -2.17. The van der Waals surface area contributed by atoms with Gasteiger partial charge in [0.2, 0.25) is 0 Å². The molecule has 2 aromatic rings. The van der Waals surface area contributed by atoms with E-state index in [9.17, 15) is 0 Å². The van der Waals surface area contributed by atoms with Crippen LogP contribution in [0.5, 0.6) is 0 Å². The first-order valence-electron chi connectivity index (χ1n) is 5.55. The fourth-order valence-electron chi connectivity index (χ4n) is 1.96. The largest absolute Gasteiger partial charge is 0.361 e. The number of hydrogen-bond acceptors (Lipinski definition) is 1. The summed E-state index contributed by atoms with van der Waals surface area (Å²) in [6, 6.07) is 6.81. The van der Waals surface area contributed by atoms with Crippen molar-refractivity contribution in [2.75, 3.05) is 0 Å². The number of aryl methyl sites for hydroxylation is 1. The van der Waals surface area contributed by atoms with Crippen LogP contribution in [0.25, 0.3) is 10.9 Å². The van der Waals surface area contributed by atoms with Gasteiger partial charge in [-0.25, -0.2) is 0 Å². The summed E-state index contributed by atoms with van der Waals surface area (Å²) in [6.45, 7) is 4.22. The summed E-state index contributed by atoms with van der Waals surface area (Å²) >= 11 is 0. The maximum atomic E-state index is 5.83. The van der Waals surface area contributed by atoms with E-state index in [1.807, 2.05) is 6.92 Å². The number of H-pyrrole nitrogens is 1. The second-order valence-corrected chi connectivity index (χ2v) is 4.23. The lowest BCUT2D eigenvalue weighted by Gasteiger charge is -2.04. The molecule has 0 fully saturated rings. The van der Waals surface area contributed by atoms with E-state index in [2.05, 4.69) is 36.3 Å². The molecule has 1 aromatic carbocycles. The molecule has 0 spiro atoms. The third-order valence-electron chi connectivity index (χ3n) is 2.78. The van der Waals surface area contributed by atoms with Crippen LogP contribution in [0.15, 0.2) is 24.4 Å². The quantitative estimate of drug-likeness (QED) is 0.789. The highest BCUT2D eigenvalue weighted by Crippen LogP contribution is 2.21. The van der Waals surface area contributed by atoms with E-state index in [0.717, 1.165) is 12.8 Å². The zero-order valence-electron chi connectivity index (χ0n) is 9.38. The first-order valence-corrected chi connectivity index (χ1v) is 5.55. The van der Waals surface area contributed by atoms with Gasteiger partial charge in [-0.2, -0.15) is 0 Å². The highest BCUT2D eigenvalue weighted by Gasteiger charge is 2.05. The zero-order chi connectivity index (χ0) is 10.8. The number of fused-ring (bicyclic) bond motifs is 1. The van der Waals surface area contributed by atoms with E-state index >= 15 is 0 Å². The third kappa shape index (κ3) is 2.05. The molecule has 2 rings (SSSR count). The molecule has 0 aliphatic rings. The van der Waals surface area contributed by atoms with Crippen molar-refractivity contribution in [3.05, 3.63) is 35.5 Å². The smallest absolute Gasteiger partial charge is 0.0456 e. The fourth-order valence-corrected chi connectivity index (χ4v) is 1.96. The molecule has 1 aromatic heterocycles. The molecule has 1 unspecified atom stereocenters. The molecular formula is C13H18N2. The number of hydrogen-bond donors (Lipinski definition) is 2. The minimum absolute atomic E-state index is 0.217. The topological polar surface area (TPSA) is 41.8 Å². The zero-order valence-corrected chi connectivity index (χ0v) is 9.38. The Morgan fingerprint density at radius 2 is 2.20 bits per heavy atom. The second kappa shape index (κ2) is 4.07. The second-order valence-electron chi connectivity index (χ2n) is 4.23. The Kier molecular flexibility index (Phi) is 2.78. The van der Waals surface area contributed by atoms with Crippen molar-refractivity contribution in [3.63, 3.8) is 0 Å². The van der Waals surface area contributed by atoms with Crippen molar-refractivity contribution in [3.8, 4) is 0 Å². The number of nitrogens with two attached hydrogens (primary N) is 1. The molecular weight excluding hydrogens is 184 g/mol. The van der Waals surface area contributed by atoms with E-state index in [4.69, 9.17) is 5.73 Å². The van der Waals surface area contributed by atoms with Crippen LogP contribution in [0.3, 0.4) is 0 Å². The van der Waals surface area contributed by atoms with Gasteiger partial charge in [0.1, 0.15) is 0 Å². The SMILES string of the molecule is CCc1ccc2[nH]cc(CC(C)N)c2c1. The van der Waals surface area contributed by atoms with Gasteiger partial charge in [-0.15, -0.1) is 0 Å². The maximum absolute atomic E-state index is 5.83. The van der Waals surface area contributed by atoms with Crippen LogP contribution < -0.4 is 5.73 Å². The molecule has 0 saturated heterocycles. The summed E-state index contributed by atoms with van der Waals surface area (Å²) in [5, 5.41) is 1.33. The Labute approximate surface area is 90.5 Å². The molecule has 1 heterocycles. The van der Waals surface area contributed by atoms with Gasteiger partial charge in [-0.3, -0.25) is 0 Å². The molecule has 0 amide bonds. The first kappa shape index (κ1) is 10.2. The maximum Gasteiger partial charge on any atom is 0.0456 e. The minimum Gasteiger partial charge on any atom is -0.361 e. The number of aromatic amines is 1. The summed E-state index contributed by atoms with van der Waals surface area (Å²) in [5.41, 5.74) is 9.75. The lowest BCUT2D eigenvalue weighted by molar-refractivity contribution is 0.741. The summed E-state index contributed by atoms with van der Waals surface area (Å²) < 4.78 is 0. The summed E-state index contributed by atoms with van der Waals surface area (Å²) in [7, 11) is 0. The Hall–Kier alpha value is -1.28. The summed E-state index contributed by atoms with van der Waals surface area (Å²) in [6.07, 6.45) is 4.10. The van der Waals surface area contributed by atoms with E-state index in [1.165, 1.54) is 22.0 Å². The van der Waals surface area contributed by atoms with E-state index in [0.29, 0.717) is 0 Å². The average Bonchev–Trinajstić information content (AvgIpc) is 2.60. The van der Waals surface area contributed by atoms with Crippen molar-refractivity contribution < 1.29 is 0 Å². The molecule has 80 valence electrons. The molecule has 15 heavy (non-hydrogen) atoms. The van der Waals surface area contributed by atoms with Crippen molar-refractivity contribution in [1.82, 2.24) is 4.98 Å². The third-order valence-corrected chi connectivity index (χ3v) is 2.78. The molecule has 3 N–H and O–H groups in total. The van der Waals surface area contributed by atoms with Crippen molar-refractivity contribution >= 4 is 10.9 Å². The van der Waals surface area contributed by atoms with Crippen molar-refractivity contribution in [1.29, 1.82) is 0 Å². The minimum atomic E-state index is 0.217. The van der Waals surface area contributed by atoms with Gasteiger partial charge in [0.05, 0.1) is 0 Å². The Bertz CT molecular complexity index is 455. The Morgan fingerprint density at radius 3 is 2.87 bits per heavy atom.